The Labute approximate surface area is 102 Å². The van der Waals surface area contributed by atoms with E-state index in [0.717, 1.165) is 0 Å². The maximum Gasteiger partial charge on any atom is 1.00 e. The Morgan fingerprint density at radius 1 is 1.57 bits per heavy atom. The van der Waals surface area contributed by atoms with E-state index >= 15 is 0 Å². The maximum atomic E-state index is 10.1. The van der Waals surface area contributed by atoms with Crippen LogP contribution in [0.5, 0.6) is 0 Å². The first-order valence-electron chi connectivity index (χ1n) is 1.92. The van der Waals surface area contributed by atoms with Gasteiger partial charge < -0.3 is 5.11 Å². The summed E-state index contributed by atoms with van der Waals surface area (Å²) < 4.78 is 0. The minimum Gasteiger partial charge on any atom is -0.875 e. The minimum atomic E-state index is 0. The molecule has 0 radical (unpaired) electrons. The zero-order chi connectivity index (χ0) is 4.41. The van der Waals surface area contributed by atoms with Gasteiger partial charge in [-0.1, -0.05) is 18.2 Å². The van der Waals surface area contributed by atoms with Crippen LogP contribution in [0.2, 0.25) is 0 Å². The zero-order valence-corrected chi connectivity index (χ0v) is 10.6. The molecule has 0 heterocycles. The molecule has 0 aromatic rings. The number of rotatable bonds is 0. The van der Waals surface area contributed by atoms with Gasteiger partial charge in [-0.25, -0.2) is 0 Å². The second-order valence-electron chi connectivity index (χ2n) is 1.27. The first-order chi connectivity index (χ1) is 2.89. The van der Waals surface area contributed by atoms with E-state index in [1.54, 1.807) is 12.2 Å². The third-order valence-corrected chi connectivity index (χ3v) is 0.737. The van der Waals surface area contributed by atoms with Gasteiger partial charge in [0.05, 0.1) is 0 Å². The van der Waals surface area contributed by atoms with Gasteiger partial charge in [0, 0.05) is 0 Å². The Hall–Kier alpha value is 1.33. The second-order valence-corrected chi connectivity index (χ2v) is 1.27. The normalized spacial score (nSPS) is 15.7. The molecule has 0 atom stereocenters. The summed E-state index contributed by atoms with van der Waals surface area (Å²) in [6, 6.07) is 0. The van der Waals surface area contributed by atoms with Crippen molar-refractivity contribution >= 4 is 0 Å². The Bertz CT molecular complexity index is 105. The number of allylic oxidation sites excluding steroid dienone is 3. The number of hydrogen-bond acceptors (Lipinski definition) is 1. The van der Waals surface area contributed by atoms with Gasteiger partial charge in [0.15, 0.2) is 0 Å². The molecule has 1 aliphatic rings. The van der Waals surface area contributed by atoms with Crippen LogP contribution in [0.1, 0.15) is 6.42 Å². The molecule has 0 spiro atoms. The van der Waals surface area contributed by atoms with Crippen LogP contribution < -0.4 is 74.0 Å². The largest absolute Gasteiger partial charge is 1.00 e. The van der Waals surface area contributed by atoms with E-state index in [0.29, 0.717) is 6.42 Å². The first-order valence-corrected chi connectivity index (χ1v) is 1.92. The van der Waals surface area contributed by atoms with Gasteiger partial charge in [0.1, 0.15) is 0 Å². The van der Waals surface area contributed by atoms with Crippen molar-refractivity contribution in [1.82, 2.24) is 0 Å². The van der Waals surface area contributed by atoms with Crippen LogP contribution in [0.25, 0.3) is 0 Å². The minimum absolute atomic E-state index is 0. The molecule has 0 bridgehead atoms. The molecule has 7 heavy (non-hydrogen) atoms. The number of hydrogen-bond donors (Lipinski definition) is 0. The van der Waals surface area contributed by atoms with E-state index in [2.05, 4.69) is 0 Å². The fourth-order valence-electron chi connectivity index (χ4n) is 0.428. The average molecular weight is 214 g/mol. The fraction of sp³-hybridized carbons (Fsp3) is 0.200. The quantitative estimate of drug-likeness (QED) is 0.427. The molecule has 1 nitrogen and oxygen atoms in total. The fourth-order valence-corrected chi connectivity index (χ4v) is 0.428. The SMILES string of the molecule is [Cs+].[O-]C1=CC=CC1. The summed E-state index contributed by atoms with van der Waals surface area (Å²) in [6.45, 7) is 0. The van der Waals surface area contributed by atoms with Crippen LogP contribution in [0.3, 0.4) is 0 Å². The van der Waals surface area contributed by atoms with Gasteiger partial charge in [0.25, 0.3) is 0 Å². The van der Waals surface area contributed by atoms with E-state index in [1.165, 1.54) is 0 Å². The zero-order valence-electron chi connectivity index (χ0n) is 4.35. The molecule has 0 saturated carbocycles. The average Bonchev–Trinajstić information content (AvgIpc) is 1.86. The predicted molar refractivity (Wildman–Crippen MR) is 21.8 cm³/mol. The summed E-state index contributed by atoms with van der Waals surface area (Å²) in [5.41, 5.74) is 0. The van der Waals surface area contributed by atoms with E-state index in [1.807, 2.05) is 6.08 Å². The summed E-state index contributed by atoms with van der Waals surface area (Å²) in [5, 5.41) is 10.1. The van der Waals surface area contributed by atoms with E-state index in [4.69, 9.17) is 0 Å². The van der Waals surface area contributed by atoms with E-state index in [9.17, 15) is 5.11 Å². The molecule has 0 saturated heterocycles. The molecule has 0 aromatic carbocycles. The molecule has 0 fully saturated rings. The van der Waals surface area contributed by atoms with Crippen LogP contribution in [0.4, 0.5) is 0 Å². The third-order valence-electron chi connectivity index (χ3n) is 0.737. The van der Waals surface area contributed by atoms with Crippen LogP contribution in [0.15, 0.2) is 24.0 Å². The van der Waals surface area contributed by atoms with Crippen molar-refractivity contribution < 1.29 is 74.0 Å². The summed E-state index contributed by atoms with van der Waals surface area (Å²) in [4.78, 5) is 0. The molecule has 0 aliphatic heterocycles. The molecule has 32 valence electrons. The Kier molecular flexibility index (Phi) is 5.04. The second kappa shape index (κ2) is 4.23. The van der Waals surface area contributed by atoms with Gasteiger partial charge in [-0.05, 0) is 6.42 Å². The third kappa shape index (κ3) is 3.00. The maximum absolute atomic E-state index is 10.1. The van der Waals surface area contributed by atoms with Gasteiger partial charge >= 0.3 is 68.9 Å². The monoisotopic (exact) mass is 214 g/mol. The Morgan fingerprint density at radius 2 is 2.29 bits per heavy atom. The standard InChI is InChI=1S/C5H6O.Cs/c6-5-3-1-2-4-5;/h1-3,6H,4H2;/q;+1/p-1. The topological polar surface area (TPSA) is 23.1 Å². The summed E-state index contributed by atoms with van der Waals surface area (Å²) in [5.74, 6) is 0.218. The van der Waals surface area contributed by atoms with Gasteiger partial charge in [-0.15, -0.1) is 5.76 Å². The van der Waals surface area contributed by atoms with Crippen LogP contribution >= 0.6 is 0 Å². The van der Waals surface area contributed by atoms with Gasteiger partial charge in [-0.2, -0.15) is 0 Å². The van der Waals surface area contributed by atoms with Crippen molar-refractivity contribution in [2.24, 2.45) is 0 Å². The Balaban J connectivity index is 0.000000360. The van der Waals surface area contributed by atoms with E-state index < -0.39 is 0 Å². The van der Waals surface area contributed by atoms with Crippen molar-refractivity contribution in [3.05, 3.63) is 24.0 Å². The molecule has 0 aromatic heterocycles. The molecular formula is C5H5CsO. The molecule has 1 rings (SSSR count). The van der Waals surface area contributed by atoms with Gasteiger partial charge in [-0.3, -0.25) is 0 Å². The van der Waals surface area contributed by atoms with E-state index in [-0.39, 0.29) is 74.7 Å². The van der Waals surface area contributed by atoms with Crippen molar-refractivity contribution in [2.45, 2.75) is 6.42 Å². The molecule has 0 amide bonds. The smallest absolute Gasteiger partial charge is 0.875 e. The first kappa shape index (κ1) is 8.33. The van der Waals surface area contributed by atoms with Crippen LogP contribution in [-0.2, 0) is 0 Å². The molecule has 1 aliphatic carbocycles. The summed E-state index contributed by atoms with van der Waals surface area (Å²) in [7, 11) is 0. The molecule has 2 heteroatoms. The molecule has 0 N–H and O–H groups in total. The summed E-state index contributed by atoms with van der Waals surface area (Å²) in [6.07, 6.45) is 5.82. The Morgan fingerprint density at radius 3 is 2.43 bits per heavy atom. The van der Waals surface area contributed by atoms with Crippen molar-refractivity contribution in [3.8, 4) is 0 Å². The molecule has 0 unspecified atom stereocenters. The molecular weight excluding hydrogens is 209 g/mol. The predicted octanol–water partition coefficient (Wildman–Crippen LogP) is -2.81. The van der Waals surface area contributed by atoms with Crippen molar-refractivity contribution in [3.63, 3.8) is 0 Å². The summed E-state index contributed by atoms with van der Waals surface area (Å²) >= 11 is 0. The van der Waals surface area contributed by atoms with Crippen LogP contribution in [0, 0.1) is 0 Å². The van der Waals surface area contributed by atoms with Crippen LogP contribution in [-0.4, -0.2) is 0 Å². The van der Waals surface area contributed by atoms with Crippen molar-refractivity contribution in [1.29, 1.82) is 0 Å². The van der Waals surface area contributed by atoms with Crippen molar-refractivity contribution in [2.75, 3.05) is 0 Å². The van der Waals surface area contributed by atoms with Gasteiger partial charge in [0.2, 0.25) is 0 Å².